The zero-order valence-electron chi connectivity index (χ0n) is 17.8. The van der Waals surface area contributed by atoms with Crippen LogP contribution in [-0.4, -0.2) is 29.2 Å². The van der Waals surface area contributed by atoms with E-state index in [1.165, 1.54) is 17.7 Å². The molecule has 0 aliphatic rings. The summed E-state index contributed by atoms with van der Waals surface area (Å²) in [6.45, 7) is 1.84. The Labute approximate surface area is 200 Å². The van der Waals surface area contributed by atoms with E-state index in [-0.39, 0.29) is 28.7 Å². The van der Waals surface area contributed by atoms with Crippen molar-refractivity contribution in [3.63, 3.8) is 0 Å². The number of aromatic nitrogens is 2. The number of carbonyl (C=O) groups excluding carboxylic acids is 1. The molecule has 0 unspecified atom stereocenters. The average Bonchev–Trinajstić information content (AvgIpc) is 3.22. The lowest BCUT2D eigenvalue weighted by Gasteiger charge is -2.16. The van der Waals surface area contributed by atoms with Gasteiger partial charge < -0.3 is 9.47 Å². The number of nitrogens with zero attached hydrogens (tertiary/aromatic N) is 2. The van der Waals surface area contributed by atoms with Crippen molar-refractivity contribution in [2.24, 2.45) is 0 Å². The van der Waals surface area contributed by atoms with Gasteiger partial charge in [0, 0.05) is 16.1 Å². The van der Waals surface area contributed by atoms with Gasteiger partial charge in [0.25, 0.3) is 0 Å². The molecule has 0 atom stereocenters. The van der Waals surface area contributed by atoms with Gasteiger partial charge in [-0.05, 0) is 37.3 Å². The highest BCUT2D eigenvalue weighted by molar-refractivity contribution is 6.31. The number of esters is 1. The highest BCUT2D eigenvalue weighted by Crippen LogP contribution is 2.40. The van der Waals surface area contributed by atoms with Crippen LogP contribution in [-0.2, 0) is 4.74 Å². The lowest BCUT2D eigenvalue weighted by atomic mass is 10.1. The maximum absolute atomic E-state index is 15.3. The summed E-state index contributed by atoms with van der Waals surface area (Å²) in [5.74, 6) is -0.565. The summed E-state index contributed by atoms with van der Waals surface area (Å²) in [5.41, 5.74) is 1.49. The van der Waals surface area contributed by atoms with Gasteiger partial charge in [-0.25, -0.2) is 14.2 Å². The molecule has 5 nitrogen and oxygen atoms in total. The summed E-state index contributed by atoms with van der Waals surface area (Å²) >= 11 is 12.4. The predicted molar refractivity (Wildman–Crippen MR) is 127 cm³/mol. The molecule has 0 bridgehead atoms. The highest BCUT2D eigenvalue weighted by Gasteiger charge is 2.29. The van der Waals surface area contributed by atoms with Crippen LogP contribution in [0, 0.1) is 5.82 Å². The summed E-state index contributed by atoms with van der Waals surface area (Å²) in [5, 5.41) is 0.336. The van der Waals surface area contributed by atoms with Crippen LogP contribution in [0.25, 0.3) is 28.3 Å². The van der Waals surface area contributed by atoms with E-state index in [4.69, 9.17) is 32.7 Å². The third-order valence-electron chi connectivity index (χ3n) is 4.97. The van der Waals surface area contributed by atoms with Gasteiger partial charge in [0.05, 0.1) is 30.1 Å². The highest BCUT2D eigenvalue weighted by atomic mass is 35.5. The summed E-state index contributed by atoms with van der Waals surface area (Å²) in [4.78, 5) is 17.6. The van der Waals surface area contributed by atoms with E-state index in [1.54, 1.807) is 37.3 Å². The molecule has 33 heavy (non-hydrogen) atoms. The minimum Gasteiger partial charge on any atom is -0.496 e. The SMILES string of the molecule is CCOC(=O)c1nc(-c2ccccc2)n(-c2cccc(Cl)c2F)c1-c1cc(Cl)ccc1OC. The molecule has 0 saturated carbocycles. The second kappa shape index (κ2) is 9.65. The van der Waals surface area contributed by atoms with Crippen LogP contribution in [0.3, 0.4) is 0 Å². The molecule has 0 fully saturated rings. The molecule has 0 amide bonds. The third-order valence-corrected chi connectivity index (χ3v) is 5.49. The van der Waals surface area contributed by atoms with E-state index in [9.17, 15) is 4.79 Å². The van der Waals surface area contributed by atoms with Crippen molar-refractivity contribution in [3.8, 4) is 34.1 Å². The Kier molecular flexibility index (Phi) is 6.67. The number of carbonyl (C=O) groups is 1. The normalized spacial score (nSPS) is 10.8. The molecule has 0 N–H and O–H groups in total. The molecular weight excluding hydrogens is 466 g/mol. The number of halogens is 3. The van der Waals surface area contributed by atoms with Crippen LogP contribution < -0.4 is 4.74 Å². The number of methoxy groups -OCH3 is 1. The standard InChI is InChI=1S/C25H19Cl2FN2O3/c1-3-33-25(31)22-23(17-14-16(26)12-13-20(17)32-2)30(19-11-7-10-18(27)21(19)28)24(29-22)15-8-5-4-6-9-15/h4-14H,3H2,1-2H3. The molecule has 4 aromatic rings. The van der Waals surface area contributed by atoms with E-state index in [0.29, 0.717) is 27.7 Å². The molecule has 0 radical (unpaired) electrons. The maximum Gasteiger partial charge on any atom is 0.359 e. The first-order chi connectivity index (χ1) is 16.0. The fraction of sp³-hybridized carbons (Fsp3) is 0.120. The average molecular weight is 485 g/mol. The largest absolute Gasteiger partial charge is 0.496 e. The van der Waals surface area contributed by atoms with Crippen molar-refractivity contribution >= 4 is 29.2 Å². The summed E-state index contributed by atoms with van der Waals surface area (Å²) in [6, 6.07) is 18.7. The van der Waals surface area contributed by atoms with Crippen molar-refractivity contribution in [1.82, 2.24) is 9.55 Å². The smallest absolute Gasteiger partial charge is 0.359 e. The van der Waals surface area contributed by atoms with Gasteiger partial charge in [0.2, 0.25) is 0 Å². The maximum atomic E-state index is 15.3. The molecule has 1 heterocycles. The molecule has 4 rings (SSSR count). The molecule has 0 saturated heterocycles. The molecular formula is C25H19Cl2FN2O3. The van der Waals surface area contributed by atoms with Crippen molar-refractivity contribution in [3.05, 3.63) is 88.3 Å². The first-order valence-corrected chi connectivity index (χ1v) is 10.9. The van der Waals surface area contributed by atoms with Crippen LogP contribution in [0.2, 0.25) is 10.0 Å². The molecule has 0 aliphatic carbocycles. The monoisotopic (exact) mass is 484 g/mol. The molecule has 0 spiro atoms. The van der Waals surface area contributed by atoms with Crippen molar-refractivity contribution < 1.29 is 18.7 Å². The van der Waals surface area contributed by atoms with Crippen LogP contribution in [0.1, 0.15) is 17.4 Å². The second-order valence-electron chi connectivity index (χ2n) is 6.97. The quantitative estimate of drug-likeness (QED) is 0.281. The number of hydrogen-bond acceptors (Lipinski definition) is 4. The second-order valence-corrected chi connectivity index (χ2v) is 7.82. The van der Waals surface area contributed by atoms with E-state index in [2.05, 4.69) is 4.98 Å². The summed E-state index contributed by atoms with van der Waals surface area (Å²) in [6.07, 6.45) is 0. The number of hydrogen-bond donors (Lipinski definition) is 0. The van der Waals surface area contributed by atoms with Gasteiger partial charge >= 0.3 is 5.97 Å². The zero-order chi connectivity index (χ0) is 23.5. The first-order valence-electron chi connectivity index (χ1n) is 10.1. The zero-order valence-corrected chi connectivity index (χ0v) is 19.3. The Balaban J connectivity index is 2.18. The van der Waals surface area contributed by atoms with Gasteiger partial charge in [-0.3, -0.25) is 4.57 Å². The Morgan fingerprint density at radius 3 is 2.52 bits per heavy atom. The number of imidazole rings is 1. The molecule has 8 heteroatoms. The minimum atomic E-state index is -0.661. The molecule has 1 aromatic heterocycles. The van der Waals surface area contributed by atoms with Gasteiger partial charge in [0.1, 0.15) is 11.6 Å². The Morgan fingerprint density at radius 2 is 1.82 bits per heavy atom. The lowest BCUT2D eigenvalue weighted by Crippen LogP contribution is -2.09. The van der Waals surface area contributed by atoms with Crippen molar-refractivity contribution in [2.75, 3.05) is 13.7 Å². The summed E-state index contributed by atoms with van der Waals surface area (Å²) < 4.78 is 27.7. The minimum absolute atomic E-state index is 0.00403. The fourth-order valence-electron chi connectivity index (χ4n) is 3.56. The molecule has 0 aliphatic heterocycles. The van der Waals surface area contributed by atoms with E-state index in [1.807, 2.05) is 30.3 Å². The Hall–Kier alpha value is -3.35. The van der Waals surface area contributed by atoms with E-state index >= 15 is 4.39 Å². The number of ether oxygens (including phenoxy) is 2. The Bertz CT molecular complexity index is 1320. The van der Waals surface area contributed by atoms with Crippen molar-refractivity contribution in [1.29, 1.82) is 0 Å². The predicted octanol–water partition coefficient (Wildman–Crippen LogP) is 6.84. The topological polar surface area (TPSA) is 53.3 Å². The van der Waals surface area contributed by atoms with Crippen LogP contribution in [0.4, 0.5) is 4.39 Å². The number of benzene rings is 3. The van der Waals surface area contributed by atoms with E-state index < -0.39 is 11.8 Å². The third kappa shape index (κ3) is 4.32. The van der Waals surface area contributed by atoms with Gasteiger partial charge in [0.15, 0.2) is 11.5 Å². The van der Waals surface area contributed by atoms with Gasteiger partial charge in [-0.2, -0.15) is 0 Å². The van der Waals surface area contributed by atoms with E-state index in [0.717, 1.165) is 0 Å². The van der Waals surface area contributed by atoms with Crippen molar-refractivity contribution in [2.45, 2.75) is 6.92 Å². The number of rotatable bonds is 6. The molecule has 3 aromatic carbocycles. The van der Waals surface area contributed by atoms with Gasteiger partial charge in [-0.1, -0.05) is 59.6 Å². The lowest BCUT2D eigenvalue weighted by molar-refractivity contribution is 0.0521. The van der Waals surface area contributed by atoms with Crippen LogP contribution in [0.15, 0.2) is 66.7 Å². The summed E-state index contributed by atoms with van der Waals surface area (Å²) in [7, 11) is 1.50. The van der Waals surface area contributed by atoms with Gasteiger partial charge in [-0.15, -0.1) is 0 Å². The molecule has 168 valence electrons. The van der Waals surface area contributed by atoms with Crippen LogP contribution in [0.5, 0.6) is 5.75 Å². The van der Waals surface area contributed by atoms with Crippen LogP contribution >= 0.6 is 23.2 Å². The fourth-order valence-corrected chi connectivity index (χ4v) is 3.90. The Morgan fingerprint density at radius 1 is 1.06 bits per heavy atom. The first kappa shape index (κ1) is 22.8.